The summed E-state index contributed by atoms with van der Waals surface area (Å²) in [6.45, 7) is 3.99. The van der Waals surface area contributed by atoms with Crippen LogP contribution in [0.15, 0.2) is 40.8 Å². The van der Waals surface area contributed by atoms with Crippen LogP contribution in [0, 0.1) is 16.7 Å². The first-order chi connectivity index (χ1) is 11.8. The van der Waals surface area contributed by atoms with E-state index in [1.807, 2.05) is 13.8 Å². The Morgan fingerprint density at radius 3 is 2.76 bits per heavy atom. The van der Waals surface area contributed by atoms with E-state index in [9.17, 15) is 15.2 Å². The number of methoxy groups -OCH3 is 1. The van der Waals surface area contributed by atoms with Crippen LogP contribution in [0.1, 0.15) is 38.4 Å². The molecule has 1 aliphatic carbocycles. The lowest BCUT2D eigenvalue weighted by atomic mass is 9.74. The Labute approximate surface area is 146 Å². The van der Waals surface area contributed by atoms with Gasteiger partial charge in [0.2, 0.25) is 0 Å². The number of rotatable bonds is 2. The molecule has 3 rings (SSSR count). The molecule has 2 aliphatic rings. The standard InChI is InChI=1S/C19H20N2O4/c1-19(2)7-13(23)16-15(8-19)25-18(11(9-20)17(16)21)10-4-5-12(22)14(6-10)24-3/h4-6,18,22H,7-8,21H2,1-3H3. The number of nitriles is 1. The monoisotopic (exact) mass is 340 g/mol. The van der Waals surface area contributed by atoms with Crippen LogP contribution < -0.4 is 10.5 Å². The SMILES string of the molecule is COc1cc(C2OC3=C(C(=O)CC(C)(C)C3)C(N)=C2C#N)ccc1O. The third-order valence-electron chi connectivity index (χ3n) is 4.54. The molecular formula is C19H20N2O4. The Morgan fingerprint density at radius 2 is 2.12 bits per heavy atom. The first-order valence-electron chi connectivity index (χ1n) is 7.97. The van der Waals surface area contributed by atoms with Gasteiger partial charge >= 0.3 is 0 Å². The summed E-state index contributed by atoms with van der Waals surface area (Å²) in [6.07, 6.45) is 0.200. The highest BCUT2D eigenvalue weighted by Gasteiger charge is 2.41. The number of hydrogen-bond acceptors (Lipinski definition) is 6. The van der Waals surface area contributed by atoms with Gasteiger partial charge in [-0.15, -0.1) is 0 Å². The molecule has 0 fully saturated rings. The van der Waals surface area contributed by atoms with Crippen LogP contribution in [-0.4, -0.2) is 18.0 Å². The summed E-state index contributed by atoms with van der Waals surface area (Å²) >= 11 is 0. The zero-order valence-corrected chi connectivity index (χ0v) is 14.4. The Balaban J connectivity index is 2.10. The number of carbonyl (C=O) groups excluding carboxylic acids is 1. The van der Waals surface area contributed by atoms with Crippen molar-refractivity contribution in [2.24, 2.45) is 11.1 Å². The number of aromatic hydroxyl groups is 1. The molecule has 1 unspecified atom stereocenters. The number of Topliss-reactive ketones (excluding diaryl/α,β-unsaturated/α-hetero) is 1. The molecule has 1 aromatic carbocycles. The fraction of sp³-hybridized carbons (Fsp3) is 0.368. The third kappa shape index (κ3) is 2.82. The van der Waals surface area contributed by atoms with E-state index in [-0.39, 0.29) is 34.0 Å². The highest BCUT2D eigenvalue weighted by molar-refractivity contribution is 6.01. The summed E-state index contributed by atoms with van der Waals surface area (Å²) < 4.78 is 11.2. The Kier molecular flexibility index (Phi) is 3.96. The first-order valence-corrected chi connectivity index (χ1v) is 7.97. The normalized spacial score (nSPS) is 22.2. The van der Waals surface area contributed by atoms with E-state index in [0.29, 0.717) is 29.7 Å². The van der Waals surface area contributed by atoms with Crippen molar-refractivity contribution in [3.63, 3.8) is 0 Å². The van der Waals surface area contributed by atoms with Gasteiger partial charge < -0.3 is 20.3 Å². The van der Waals surface area contributed by atoms with Gasteiger partial charge in [0.15, 0.2) is 23.4 Å². The van der Waals surface area contributed by atoms with Crippen molar-refractivity contribution in [3.05, 3.63) is 46.4 Å². The number of hydrogen-bond donors (Lipinski definition) is 2. The number of phenolic OH excluding ortho intramolecular Hbond substituents is 1. The van der Waals surface area contributed by atoms with E-state index < -0.39 is 6.10 Å². The topological polar surface area (TPSA) is 106 Å². The van der Waals surface area contributed by atoms with Crippen molar-refractivity contribution in [2.45, 2.75) is 32.8 Å². The lowest BCUT2D eigenvalue weighted by Crippen LogP contribution is -2.33. The lowest BCUT2D eigenvalue weighted by molar-refractivity contribution is -0.118. The van der Waals surface area contributed by atoms with Crippen molar-refractivity contribution < 1.29 is 19.4 Å². The van der Waals surface area contributed by atoms with Crippen LogP contribution >= 0.6 is 0 Å². The smallest absolute Gasteiger partial charge is 0.168 e. The van der Waals surface area contributed by atoms with Crippen LogP contribution in [0.25, 0.3) is 0 Å². The molecule has 0 saturated heterocycles. The molecule has 0 radical (unpaired) electrons. The minimum absolute atomic E-state index is 0.00796. The Bertz CT molecular complexity index is 859. The van der Waals surface area contributed by atoms with E-state index in [2.05, 4.69) is 6.07 Å². The summed E-state index contributed by atoms with van der Waals surface area (Å²) in [6, 6.07) is 6.79. The highest BCUT2D eigenvalue weighted by Crippen LogP contribution is 2.46. The van der Waals surface area contributed by atoms with Crippen molar-refractivity contribution >= 4 is 5.78 Å². The highest BCUT2D eigenvalue weighted by atomic mass is 16.5. The van der Waals surface area contributed by atoms with Gasteiger partial charge in [-0.2, -0.15) is 5.26 Å². The van der Waals surface area contributed by atoms with Crippen LogP contribution in [0.5, 0.6) is 11.5 Å². The van der Waals surface area contributed by atoms with Crippen molar-refractivity contribution in [3.8, 4) is 17.6 Å². The summed E-state index contributed by atoms with van der Waals surface area (Å²) in [5.41, 5.74) is 7.27. The number of nitrogens with two attached hydrogens (primary N) is 1. The van der Waals surface area contributed by atoms with E-state index in [0.717, 1.165) is 0 Å². The molecule has 0 bridgehead atoms. The van der Waals surface area contributed by atoms with Crippen LogP contribution in [-0.2, 0) is 9.53 Å². The number of carbonyl (C=O) groups is 1. The maximum atomic E-state index is 12.5. The second-order valence-corrected chi connectivity index (χ2v) is 7.11. The van der Waals surface area contributed by atoms with Gasteiger partial charge in [0, 0.05) is 18.4 Å². The quantitative estimate of drug-likeness (QED) is 0.857. The maximum Gasteiger partial charge on any atom is 0.168 e. The Hall–Kier alpha value is -2.94. The maximum absolute atomic E-state index is 12.5. The second-order valence-electron chi connectivity index (χ2n) is 7.11. The van der Waals surface area contributed by atoms with E-state index in [1.165, 1.54) is 13.2 Å². The van der Waals surface area contributed by atoms with Gasteiger partial charge in [0.05, 0.1) is 24.0 Å². The predicted octanol–water partition coefficient (Wildman–Crippen LogP) is 2.85. The average Bonchev–Trinajstić information content (AvgIpc) is 2.53. The molecule has 130 valence electrons. The van der Waals surface area contributed by atoms with Gasteiger partial charge in [0.25, 0.3) is 0 Å². The number of ether oxygens (including phenoxy) is 2. The molecule has 1 aliphatic heterocycles. The van der Waals surface area contributed by atoms with Crippen LogP contribution in [0.2, 0.25) is 0 Å². The first kappa shape index (κ1) is 16.9. The van der Waals surface area contributed by atoms with Crippen LogP contribution in [0.4, 0.5) is 0 Å². The summed E-state index contributed by atoms with van der Waals surface area (Å²) in [5, 5.41) is 19.3. The van der Waals surface area contributed by atoms with Gasteiger partial charge in [-0.1, -0.05) is 19.9 Å². The molecule has 6 nitrogen and oxygen atoms in total. The molecule has 25 heavy (non-hydrogen) atoms. The molecule has 0 saturated carbocycles. The average molecular weight is 340 g/mol. The number of nitrogens with zero attached hydrogens (tertiary/aromatic N) is 1. The van der Waals surface area contributed by atoms with Gasteiger partial charge in [-0.05, 0) is 17.5 Å². The largest absolute Gasteiger partial charge is 0.504 e. The van der Waals surface area contributed by atoms with Crippen molar-refractivity contribution in [1.82, 2.24) is 0 Å². The molecule has 6 heteroatoms. The molecule has 1 heterocycles. The summed E-state index contributed by atoms with van der Waals surface area (Å²) in [5.74, 6) is 0.691. The minimum atomic E-state index is -0.736. The minimum Gasteiger partial charge on any atom is -0.504 e. The van der Waals surface area contributed by atoms with E-state index >= 15 is 0 Å². The molecular weight excluding hydrogens is 320 g/mol. The molecule has 0 aromatic heterocycles. The number of benzene rings is 1. The van der Waals surface area contributed by atoms with Gasteiger partial charge in [-0.25, -0.2) is 0 Å². The Morgan fingerprint density at radius 1 is 1.40 bits per heavy atom. The van der Waals surface area contributed by atoms with Gasteiger partial charge in [-0.3, -0.25) is 4.79 Å². The third-order valence-corrected chi connectivity index (χ3v) is 4.54. The molecule has 3 N–H and O–H groups in total. The summed E-state index contributed by atoms with van der Waals surface area (Å²) in [4.78, 5) is 12.5. The van der Waals surface area contributed by atoms with Crippen molar-refractivity contribution in [1.29, 1.82) is 5.26 Å². The van der Waals surface area contributed by atoms with E-state index in [4.69, 9.17) is 15.2 Å². The molecule has 0 spiro atoms. The molecule has 1 aromatic rings. The molecule has 1 atom stereocenters. The summed E-state index contributed by atoms with van der Waals surface area (Å²) in [7, 11) is 1.44. The van der Waals surface area contributed by atoms with Gasteiger partial charge in [0.1, 0.15) is 11.8 Å². The van der Waals surface area contributed by atoms with Crippen molar-refractivity contribution in [2.75, 3.05) is 7.11 Å². The zero-order chi connectivity index (χ0) is 18.4. The number of allylic oxidation sites excluding steroid dienone is 2. The fourth-order valence-electron chi connectivity index (χ4n) is 3.35. The number of phenols is 1. The lowest BCUT2D eigenvalue weighted by Gasteiger charge is -2.37. The zero-order valence-electron chi connectivity index (χ0n) is 14.4. The molecule has 0 amide bonds. The second kappa shape index (κ2) is 5.85. The van der Waals surface area contributed by atoms with Crippen LogP contribution in [0.3, 0.4) is 0 Å². The predicted molar refractivity (Wildman–Crippen MR) is 90.4 cm³/mol. The number of ketones is 1. The fourth-order valence-corrected chi connectivity index (χ4v) is 3.35. The van der Waals surface area contributed by atoms with E-state index in [1.54, 1.807) is 12.1 Å².